The minimum atomic E-state index is -0.602. The Morgan fingerprint density at radius 2 is 2.00 bits per heavy atom. The summed E-state index contributed by atoms with van der Waals surface area (Å²) in [5.74, 6) is 2.78. The fourth-order valence-electron chi connectivity index (χ4n) is 2.80. The molecule has 0 saturated heterocycles. The van der Waals surface area contributed by atoms with Crippen LogP contribution in [0.25, 0.3) is 0 Å². The third-order valence-corrected chi connectivity index (χ3v) is 3.93. The van der Waals surface area contributed by atoms with Gasteiger partial charge in [0, 0.05) is 12.0 Å². The third-order valence-electron chi connectivity index (χ3n) is 3.93. The second-order valence-corrected chi connectivity index (χ2v) is 5.44. The summed E-state index contributed by atoms with van der Waals surface area (Å²) in [6.45, 7) is 0.191. The van der Waals surface area contributed by atoms with Gasteiger partial charge in [-0.25, -0.2) is 0 Å². The van der Waals surface area contributed by atoms with Gasteiger partial charge in [0.2, 0.25) is 0 Å². The Hall–Kier alpha value is -2.77. The number of carbonyl (C=O) groups excluding carboxylic acids is 1. The molecule has 1 aliphatic rings. The molecule has 2 N–H and O–H groups in total. The second kappa shape index (κ2) is 6.55. The van der Waals surface area contributed by atoms with E-state index >= 15 is 0 Å². The smallest absolute Gasteiger partial charge is 0.251 e. The molecule has 2 aromatic rings. The fraction of sp³-hybridized carbons (Fsp3) is 0.211. The van der Waals surface area contributed by atoms with Gasteiger partial charge in [-0.05, 0) is 35.4 Å². The third kappa shape index (κ3) is 3.20. The monoisotopic (exact) mass is 307 g/mol. The Bertz CT molecular complexity index is 746. The molecule has 2 aromatic carbocycles. The van der Waals surface area contributed by atoms with E-state index in [0.29, 0.717) is 17.7 Å². The molecule has 0 spiro atoms. The Labute approximate surface area is 135 Å². The van der Waals surface area contributed by atoms with Crippen molar-refractivity contribution in [3.8, 4) is 18.1 Å². The molecule has 4 heteroatoms. The first-order chi connectivity index (χ1) is 11.2. The Balaban J connectivity index is 1.71. The van der Waals surface area contributed by atoms with Gasteiger partial charge in [0.25, 0.3) is 5.91 Å². The van der Waals surface area contributed by atoms with Crippen LogP contribution in [0.1, 0.15) is 27.5 Å². The van der Waals surface area contributed by atoms with Crippen LogP contribution in [0.4, 0.5) is 0 Å². The number of nitrogens with one attached hydrogen (secondary N) is 1. The van der Waals surface area contributed by atoms with Crippen LogP contribution < -0.4 is 10.1 Å². The molecule has 0 aromatic heterocycles. The van der Waals surface area contributed by atoms with E-state index in [4.69, 9.17) is 11.2 Å². The SMILES string of the molecule is C#CCOc1ccc(C(=O)N[C@@H]2c3ccccc3C[C@H]2O)cc1. The van der Waals surface area contributed by atoms with E-state index in [2.05, 4.69) is 11.2 Å². The molecule has 0 heterocycles. The van der Waals surface area contributed by atoms with Crippen molar-refractivity contribution in [1.29, 1.82) is 0 Å². The van der Waals surface area contributed by atoms with Crippen molar-refractivity contribution < 1.29 is 14.6 Å². The lowest BCUT2D eigenvalue weighted by molar-refractivity contribution is 0.0858. The van der Waals surface area contributed by atoms with Gasteiger partial charge in [0.1, 0.15) is 12.4 Å². The number of benzene rings is 2. The minimum Gasteiger partial charge on any atom is -0.481 e. The van der Waals surface area contributed by atoms with E-state index in [9.17, 15) is 9.90 Å². The molecule has 3 rings (SSSR count). The van der Waals surface area contributed by atoms with E-state index in [1.807, 2.05) is 24.3 Å². The quantitative estimate of drug-likeness (QED) is 0.850. The summed E-state index contributed by atoms with van der Waals surface area (Å²) in [5.41, 5.74) is 2.56. The zero-order valence-electron chi connectivity index (χ0n) is 12.5. The molecule has 1 aliphatic carbocycles. The highest BCUT2D eigenvalue weighted by Gasteiger charge is 2.31. The maximum Gasteiger partial charge on any atom is 0.251 e. The number of hydrogen-bond donors (Lipinski definition) is 2. The Morgan fingerprint density at radius 1 is 1.26 bits per heavy atom. The van der Waals surface area contributed by atoms with Crippen molar-refractivity contribution >= 4 is 5.91 Å². The Morgan fingerprint density at radius 3 is 2.74 bits per heavy atom. The first-order valence-electron chi connectivity index (χ1n) is 7.42. The van der Waals surface area contributed by atoms with Crippen LogP contribution in [0.3, 0.4) is 0 Å². The van der Waals surface area contributed by atoms with Crippen LogP contribution in [-0.2, 0) is 6.42 Å². The number of fused-ring (bicyclic) bond motifs is 1. The van der Waals surface area contributed by atoms with Crippen molar-refractivity contribution in [3.05, 3.63) is 65.2 Å². The normalized spacial score (nSPS) is 18.8. The maximum absolute atomic E-state index is 12.4. The maximum atomic E-state index is 12.4. The van der Waals surface area contributed by atoms with Gasteiger partial charge < -0.3 is 15.2 Å². The number of hydrogen-bond acceptors (Lipinski definition) is 3. The summed E-state index contributed by atoms with van der Waals surface area (Å²) < 4.78 is 5.28. The molecule has 1 amide bonds. The highest BCUT2D eigenvalue weighted by Crippen LogP contribution is 2.31. The number of amides is 1. The largest absolute Gasteiger partial charge is 0.481 e. The molecule has 2 atom stereocenters. The van der Waals surface area contributed by atoms with Crippen LogP contribution in [0.5, 0.6) is 5.75 Å². The first-order valence-corrected chi connectivity index (χ1v) is 7.42. The van der Waals surface area contributed by atoms with Gasteiger partial charge in [0.15, 0.2) is 0 Å². The van der Waals surface area contributed by atoms with Crippen molar-refractivity contribution in [2.75, 3.05) is 6.61 Å². The number of terminal acetylenes is 1. The lowest BCUT2D eigenvalue weighted by Gasteiger charge is -2.18. The van der Waals surface area contributed by atoms with E-state index in [1.54, 1.807) is 24.3 Å². The molecular formula is C19H17NO3. The van der Waals surface area contributed by atoms with Crippen molar-refractivity contribution in [3.63, 3.8) is 0 Å². The summed E-state index contributed by atoms with van der Waals surface area (Å²) in [6, 6.07) is 14.1. The number of rotatable bonds is 4. The van der Waals surface area contributed by atoms with Crippen LogP contribution in [0.2, 0.25) is 0 Å². The van der Waals surface area contributed by atoms with Gasteiger partial charge >= 0.3 is 0 Å². The lowest BCUT2D eigenvalue weighted by Crippen LogP contribution is -2.33. The molecular weight excluding hydrogens is 290 g/mol. The molecule has 0 bridgehead atoms. The van der Waals surface area contributed by atoms with E-state index in [1.165, 1.54) is 0 Å². The molecule has 4 nitrogen and oxygen atoms in total. The van der Waals surface area contributed by atoms with E-state index < -0.39 is 6.10 Å². The average molecular weight is 307 g/mol. The van der Waals surface area contributed by atoms with Gasteiger partial charge in [0.05, 0.1) is 12.1 Å². The molecule has 0 aliphatic heterocycles. The number of carbonyl (C=O) groups is 1. The number of ether oxygens (including phenoxy) is 1. The molecule has 23 heavy (non-hydrogen) atoms. The van der Waals surface area contributed by atoms with Crippen molar-refractivity contribution in [2.45, 2.75) is 18.6 Å². The summed E-state index contributed by atoms with van der Waals surface area (Å²) in [4.78, 5) is 12.4. The van der Waals surface area contributed by atoms with Crippen LogP contribution in [0, 0.1) is 12.3 Å². The van der Waals surface area contributed by atoms with Gasteiger partial charge in [-0.2, -0.15) is 0 Å². The summed E-state index contributed by atoms with van der Waals surface area (Å²) >= 11 is 0. The van der Waals surface area contributed by atoms with Gasteiger partial charge in [-0.3, -0.25) is 4.79 Å². The average Bonchev–Trinajstić information content (AvgIpc) is 2.89. The number of aliphatic hydroxyl groups excluding tert-OH is 1. The zero-order valence-corrected chi connectivity index (χ0v) is 12.5. The second-order valence-electron chi connectivity index (χ2n) is 5.44. The standard InChI is InChI=1S/C19H17NO3/c1-2-11-23-15-9-7-13(8-10-15)19(22)20-18-16-6-4-3-5-14(16)12-17(18)21/h1,3-10,17-18,21H,11-12H2,(H,20,22)/t17-,18-/m1/s1. The zero-order chi connectivity index (χ0) is 16.2. The Kier molecular flexibility index (Phi) is 4.31. The summed E-state index contributed by atoms with van der Waals surface area (Å²) in [6.07, 6.45) is 5.09. The highest BCUT2D eigenvalue weighted by molar-refractivity contribution is 5.94. The number of aliphatic hydroxyl groups is 1. The highest BCUT2D eigenvalue weighted by atomic mass is 16.5. The van der Waals surface area contributed by atoms with Crippen molar-refractivity contribution in [2.24, 2.45) is 0 Å². The predicted molar refractivity (Wildman–Crippen MR) is 87.1 cm³/mol. The summed E-state index contributed by atoms with van der Waals surface area (Å²) in [7, 11) is 0. The van der Waals surface area contributed by atoms with Crippen molar-refractivity contribution in [1.82, 2.24) is 5.32 Å². The molecule has 0 radical (unpaired) electrons. The first kappa shape index (κ1) is 15.1. The van der Waals surface area contributed by atoms with Crippen LogP contribution >= 0.6 is 0 Å². The topological polar surface area (TPSA) is 58.6 Å². The van der Waals surface area contributed by atoms with Crippen LogP contribution in [-0.4, -0.2) is 23.7 Å². The van der Waals surface area contributed by atoms with Crippen LogP contribution in [0.15, 0.2) is 48.5 Å². The molecule has 0 fully saturated rings. The molecule has 0 unspecified atom stereocenters. The predicted octanol–water partition coefficient (Wildman–Crippen LogP) is 2.09. The molecule has 0 saturated carbocycles. The lowest BCUT2D eigenvalue weighted by atomic mass is 10.1. The fourth-order valence-corrected chi connectivity index (χ4v) is 2.80. The van der Waals surface area contributed by atoms with E-state index in [0.717, 1.165) is 11.1 Å². The summed E-state index contributed by atoms with van der Waals surface area (Å²) in [5, 5.41) is 13.1. The molecule has 116 valence electrons. The van der Waals surface area contributed by atoms with Gasteiger partial charge in [-0.1, -0.05) is 30.2 Å². The van der Waals surface area contributed by atoms with E-state index in [-0.39, 0.29) is 18.6 Å². The van der Waals surface area contributed by atoms with Gasteiger partial charge in [-0.15, -0.1) is 6.42 Å². The minimum absolute atomic E-state index is 0.191.